The average Bonchev–Trinajstić information content (AvgIpc) is 1.80. The van der Waals surface area contributed by atoms with Crippen LogP contribution < -0.4 is 0 Å². The standard InChI is InChI=1S/C8H20NO4P/c1-8(10,14(11,12)13)6-5-7-9(2,3)4/h10H,5-7H2,1-4H3,(H-,11,12,13)/p+1. The van der Waals surface area contributed by atoms with Crippen LogP contribution >= 0.6 is 7.60 Å². The highest BCUT2D eigenvalue weighted by Crippen LogP contribution is 2.50. The Morgan fingerprint density at radius 2 is 1.71 bits per heavy atom. The van der Waals surface area contributed by atoms with E-state index in [2.05, 4.69) is 0 Å². The van der Waals surface area contributed by atoms with Crippen LogP contribution in [0.2, 0.25) is 0 Å². The molecular weight excluding hydrogens is 205 g/mol. The zero-order valence-corrected chi connectivity index (χ0v) is 10.2. The van der Waals surface area contributed by atoms with Crippen LogP contribution in [0.3, 0.4) is 0 Å². The molecule has 5 nitrogen and oxygen atoms in total. The third-order valence-corrected chi connectivity index (χ3v) is 3.59. The zero-order valence-electron chi connectivity index (χ0n) is 9.27. The lowest BCUT2D eigenvalue weighted by Gasteiger charge is -2.28. The molecule has 0 saturated heterocycles. The van der Waals surface area contributed by atoms with E-state index in [1.807, 2.05) is 21.1 Å². The molecule has 0 heterocycles. The third-order valence-electron chi connectivity index (χ3n) is 2.11. The summed E-state index contributed by atoms with van der Waals surface area (Å²) < 4.78 is 11.6. The van der Waals surface area contributed by atoms with Gasteiger partial charge in [0.05, 0.1) is 27.7 Å². The number of quaternary nitrogens is 1. The fourth-order valence-corrected chi connectivity index (χ4v) is 1.48. The van der Waals surface area contributed by atoms with Gasteiger partial charge in [-0.15, -0.1) is 0 Å². The van der Waals surface area contributed by atoms with E-state index in [4.69, 9.17) is 9.79 Å². The van der Waals surface area contributed by atoms with Crippen molar-refractivity contribution in [3.63, 3.8) is 0 Å². The molecule has 0 aliphatic carbocycles. The van der Waals surface area contributed by atoms with Crippen molar-refractivity contribution < 1.29 is 23.9 Å². The molecule has 1 atom stereocenters. The molecule has 86 valence electrons. The molecule has 6 heteroatoms. The van der Waals surface area contributed by atoms with Gasteiger partial charge in [-0.25, -0.2) is 0 Å². The Labute approximate surface area is 85.1 Å². The molecule has 0 aromatic heterocycles. The molecule has 0 fully saturated rings. The Morgan fingerprint density at radius 3 is 2.00 bits per heavy atom. The summed E-state index contributed by atoms with van der Waals surface area (Å²) in [7, 11) is 1.57. The average molecular weight is 226 g/mol. The van der Waals surface area contributed by atoms with Crippen LogP contribution in [0.1, 0.15) is 19.8 Å². The maximum atomic E-state index is 10.8. The van der Waals surface area contributed by atoms with Crippen molar-refractivity contribution >= 4 is 7.60 Å². The van der Waals surface area contributed by atoms with E-state index in [9.17, 15) is 9.67 Å². The quantitative estimate of drug-likeness (QED) is 0.467. The highest BCUT2D eigenvalue weighted by molar-refractivity contribution is 7.53. The van der Waals surface area contributed by atoms with Gasteiger partial charge in [0.15, 0.2) is 5.34 Å². The first-order chi connectivity index (χ1) is 5.96. The molecule has 0 saturated carbocycles. The summed E-state index contributed by atoms with van der Waals surface area (Å²) in [4.78, 5) is 17.7. The first kappa shape index (κ1) is 14.1. The van der Waals surface area contributed by atoms with Crippen molar-refractivity contribution in [3.05, 3.63) is 0 Å². The summed E-state index contributed by atoms with van der Waals surface area (Å²) >= 11 is 0. The van der Waals surface area contributed by atoms with E-state index < -0.39 is 12.9 Å². The van der Waals surface area contributed by atoms with Gasteiger partial charge in [-0.05, 0) is 19.8 Å². The van der Waals surface area contributed by atoms with Crippen molar-refractivity contribution in [2.75, 3.05) is 27.7 Å². The molecule has 3 N–H and O–H groups in total. The number of hydrogen-bond donors (Lipinski definition) is 3. The second-order valence-electron chi connectivity index (χ2n) is 4.88. The topological polar surface area (TPSA) is 77.8 Å². The molecule has 0 amide bonds. The molecule has 0 aromatic carbocycles. The number of nitrogens with zero attached hydrogens (tertiary/aromatic N) is 1. The minimum Gasteiger partial charge on any atom is -0.378 e. The molecule has 0 rings (SSSR count). The Kier molecular flexibility index (Phi) is 4.31. The Hall–Kier alpha value is 0.0700. The summed E-state index contributed by atoms with van der Waals surface area (Å²) in [6.45, 7) is 1.96. The summed E-state index contributed by atoms with van der Waals surface area (Å²) in [5.74, 6) is 0. The van der Waals surface area contributed by atoms with Crippen molar-refractivity contribution in [3.8, 4) is 0 Å². The lowest BCUT2D eigenvalue weighted by atomic mass is 10.2. The molecule has 0 aliphatic heterocycles. The molecule has 0 aliphatic rings. The van der Waals surface area contributed by atoms with Gasteiger partial charge < -0.3 is 19.4 Å². The van der Waals surface area contributed by atoms with Crippen LogP contribution in [0.5, 0.6) is 0 Å². The summed E-state index contributed by atoms with van der Waals surface area (Å²) in [5.41, 5.74) is 0. The maximum absolute atomic E-state index is 10.8. The van der Waals surface area contributed by atoms with Crippen LogP contribution in [0.4, 0.5) is 0 Å². The first-order valence-electron chi connectivity index (χ1n) is 4.54. The largest absolute Gasteiger partial charge is 0.378 e. The third kappa shape index (κ3) is 5.08. The highest BCUT2D eigenvalue weighted by Gasteiger charge is 2.39. The van der Waals surface area contributed by atoms with Gasteiger partial charge in [-0.3, -0.25) is 4.57 Å². The van der Waals surface area contributed by atoms with Crippen molar-refractivity contribution in [1.82, 2.24) is 0 Å². The van der Waals surface area contributed by atoms with Gasteiger partial charge in [0.1, 0.15) is 0 Å². The minimum absolute atomic E-state index is 0.118. The van der Waals surface area contributed by atoms with E-state index in [1.54, 1.807) is 0 Å². The predicted molar refractivity (Wildman–Crippen MR) is 54.8 cm³/mol. The Balaban J connectivity index is 4.09. The van der Waals surface area contributed by atoms with Crippen LogP contribution in [-0.4, -0.2) is 52.4 Å². The fraction of sp³-hybridized carbons (Fsp3) is 1.00. The molecule has 1 unspecified atom stereocenters. The number of rotatable bonds is 5. The monoisotopic (exact) mass is 226 g/mol. The lowest BCUT2D eigenvalue weighted by molar-refractivity contribution is -0.870. The Morgan fingerprint density at radius 1 is 1.29 bits per heavy atom. The molecule has 0 spiro atoms. The number of hydrogen-bond acceptors (Lipinski definition) is 2. The first-order valence-corrected chi connectivity index (χ1v) is 6.15. The summed E-state index contributed by atoms with van der Waals surface area (Å²) in [6, 6.07) is 0. The van der Waals surface area contributed by atoms with Gasteiger partial charge in [0.25, 0.3) is 0 Å². The Bertz CT molecular complexity index is 228. The smallest absolute Gasteiger partial charge is 0.356 e. The van der Waals surface area contributed by atoms with Crippen molar-refractivity contribution in [2.45, 2.75) is 25.1 Å². The van der Waals surface area contributed by atoms with E-state index in [-0.39, 0.29) is 6.42 Å². The van der Waals surface area contributed by atoms with Gasteiger partial charge >= 0.3 is 7.60 Å². The summed E-state index contributed by atoms with van der Waals surface area (Å²) in [5, 5.41) is 7.59. The van der Waals surface area contributed by atoms with Crippen LogP contribution in [0.25, 0.3) is 0 Å². The highest BCUT2D eigenvalue weighted by atomic mass is 31.2. The van der Waals surface area contributed by atoms with Crippen molar-refractivity contribution in [2.24, 2.45) is 0 Å². The maximum Gasteiger partial charge on any atom is 0.356 e. The number of aliphatic hydroxyl groups is 1. The summed E-state index contributed by atoms with van der Waals surface area (Å²) in [6.07, 6.45) is 0.703. The van der Waals surface area contributed by atoms with Crippen LogP contribution in [-0.2, 0) is 4.57 Å². The molecule has 14 heavy (non-hydrogen) atoms. The van der Waals surface area contributed by atoms with Crippen molar-refractivity contribution in [1.29, 1.82) is 0 Å². The van der Waals surface area contributed by atoms with E-state index in [0.29, 0.717) is 6.42 Å². The SMILES string of the molecule is CC(O)(CCC[N+](C)(C)C)P(=O)(O)O. The molecule has 0 radical (unpaired) electrons. The zero-order chi connectivity index (χ0) is 11.6. The second kappa shape index (κ2) is 4.29. The fourth-order valence-electron chi connectivity index (χ4n) is 1.03. The molecular formula is C8H21NO4P+. The van der Waals surface area contributed by atoms with Gasteiger partial charge in [-0.2, -0.15) is 0 Å². The van der Waals surface area contributed by atoms with Crippen LogP contribution in [0.15, 0.2) is 0 Å². The van der Waals surface area contributed by atoms with Gasteiger partial charge in [0, 0.05) is 0 Å². The van der Waals surface area contributed by atoms with E-state index in [1.165, 1.54) is 6.92 Å². The predicted octanol–water partition coefficient (Wildman–Crippen LogP) is 0.359. The van der Waals surface area contributed by atoms with Gasteiger partial charge in [-0.1, -0.05) is 0 Å². The minimum atomic E-state index is -4.40. The van der Waals surface area contributed by atoms with Crippen LogP contribution in [0, 0.1) is 0 Å². The van der Waals surface area contributed by atoms with E-state index in [0.717, 1.165) is 11.0 Å². The van der Waals surface area contributed by atoms with Gasteiger partial charge in [0.2, 0.25) is 0 Å². The second-order valence-corrected chi connectivity index (χ2v) is 6.93. The normalized spacial score (nSPS) is 17.9. The lowest BCUT2D eigenvalue weighted by Crippen LogP contribution is -2.36. The molecule has 0 aromatic rings. The van der Waals surface area contributed by atoms with E-state index >= 15 is 0 Å². The molecule has 0 bridgehead atoms.